The van der Waals surface area contributed by atoms with E-state index in [2.05, 4.69) is 36.2 Å². The van der Waals surface area contributed by atoms with Crippen LogP contribution in [0.5, 0.6) is 0 Å². The molecule has 0 aliphatic carbocycles. The molecule has 3 heteroatoms. The van der Waals surface area contributed by atoms with E-state index in [0.29, 0.717) is 12.5 Å². The van der Waals surface area contributed by atoms with Crippen LogP contribution in [-0.2, 0) is 4.79 Å². The molecule has 0 bridgehead atoms. The Labute approximate surface area is 122 Å². The van der Waals surface area contributed by atoms with Crippen molar-refractivity contribution in [1.29, 1.82) is 0 Å². The predicted octanol–water partition coefficient (Wildman–Crippen LogP) is 2.89. The van der Waals surface area contributed by atoms with Crippen molar-refractivity contribution in [2.45, 2.75) is 26.2 Å². The number of benzene rings is 1. The fourth-order valence-corrected chi connectivity index (χ4v) is 1.83. The van der Waals surface area contributed by atoms with Crippen LogP contribution < -0.4 is 5.32 Å². The molecular weight excluding hydrogens is 248 g/mol. The van der Waals surface area contributed by atoms with Crippen LogP contribution in [0.15, 0.2) is 30.3 Å². The molecule has 0 aliphatic rings. The van der Waals surface area contributed by atoms with Crippen LogP contribution in [0.25, 0.3) is 6.08 Å². The molecule has 0 saturated carbocycles. The number of rotatable bonds is 7. The molecule has 1 aromatic carbocycles. The molecule has 0 spiro atoms. The van der Waals surface area contributed by atoms with Crippen LogP contribution >= 0.6 is 0 Å². The zero-order valence-corrected chi connectivity index (χ0v) is 13.0. The molecule has 0 saturated heterocycles. The standard InChI is InChI=1S/C17H26N2O/c1-14(2)16-9-6-15(7-10-16)8-11-17(20)18-12-5-13-19(3)4/h6-11,14H,5,12-13H2,1-4H3,(H,18,20)/b11-8+. The van der Waals surface area contributed by atoms with Crippen molar-refractivity contribution < 1.29 is 4.79 Å². The molecule has 20 heavy (non-hydrogen) atoms. The van der Waals surface area contributed by atoms with Crippen molar-refractivity contribution in [3.63, 3.8) is 0 Å². The second kappa shape index (κ2) is 8.54. The molecule has 0 radical (unpaired) electrons. The Morgan fingerprint density at radius 2 is 1.90 bits per heavy atom. The minimum Gasteiger partial charge on any atom is -0.353 e. The van der Waals surface area contributed by atoms with E-state index >= 15 is 0 Å². The van der Waals surface area contributed by atoms with Crippen molar-refractivity contribution in [2.24, 2.45) is 0 Å². The molecule has 3 nitrogen and oxygen atoms in total. The van der Waals surface area contributed by atoms with Gasteiger partial charge in [0.25, 0.3) is 0 Å². The van der Waals surface area contributed by atoms with E-state index < -0.39 is 0 Å². The third-order valence-electron chi connectivity index (χ3n) is 3.11. The molecular formula is C17H26N2O. The van der Waals surface area contributed by atoms with Crippen LogP contribution in [-0.4, -0.2) is 38.0 Å². The monoisotopic (exact) mass is 274 g/mol. The summed E-state index contributed by atoms with van der Waals surface area (Å²) in [5, 5.41) is 2.89. The number of amides is 1. The number of hydrogen-bond acceptors (Lipinski definition) is 2. The maximum atomic E-state index is 11.6. The Hall–Kier alpha value is -1.61. The first kappa shape index (κ1) is 16.4. The molecule has 0 atom stereocenters. The summed E-state index contributed by atoms with van der Waals surface area (Å²) < 4.78 is 0. The van der Waals surface area contributed by atoms with Gasteiger partial charge in [0.2, 0.25) is 5.91 Å². The summed E-state index contributed by atoms with van der Waals surface area (Å²) in [5.74, 6) is 0.504. The van der Waals surface area contributed by atoms with Gasteiger partial charge in [0.05, 0.1) is 0 Å². The lowest BCUT2D eigenvalue weighted by Crippen LogP contribution is -2.25. The fourth-order valence-electron chi connectivity index (χ4n) is 1.83. The molecule has 0 unspecified atom stereocenters. The third kappa shape index (κ3) is 6.53. The van der Waals surface area contributed by atoms with Crippen molar-refractivity contribution >= 4 is 12.0 Å². The van der Waals surface area contributed by atoms with Gasteiger partial charge in [-0.3, -0.25) is 4.79 Å². The first-order chi connectivity index (χ1) is 9.49. The highest BCUT2D eigenvalue weighted by atomic mass is 16.1. The lowest BCUT2D eigenvalue weighted by atomic mass is 10.0. The van der Waals surface area contributed by atoms with Crippen LogP contribution in [0, 0.1) is 0 Å². The Morgan fingerprint density at radius 3 is 2.45 bits per heavy atom. The summed E-state index contributed by atoms with van der Waals surface area (Å²) in [5.41, 5.74) is 2.37. The lowest BCUT2D eigenvalue weighted by Gasteiger charge is -2.08. The predicted molar refractivity (Wildman–Crippen MR) is 85.7 cm³/mol. The van der Waals surface area contributed by atoms with Crippen LogP contribution in [0.2, 0.25) is 0 Å². The molecule has 0 fully saturated rings. The SMILES string of the molecule is CC(C)c1ccc(/C=C/C(=O)NCCCN(C)C)cc1. The molecule has 1 N–H and O–H groups in total. The summed E-state index contributed by atoms with van der Waals surface area (Å²) in [7, 11) is 4.06. The average Bonchev–Trinajstić information content (AvgIpc) is 2.41. The maximum Gasteiger partial charge on any atom is 0.243 e. The fraction of sp³-hybridized carbons (Fsp3) is 0.471. The smallest absolute Gasteiger partial charge is 0.243 e. The van der Waals surface area contributed by atoms with E-state index in [1.165, 1.54) is 5.56 Å². The van der Waals surface area contributed by atoms with Gasteiger partial charge in [-0.25, -0.2) is 0 Å². The number of carbonyl (C=O) groups is 1. The first-order valence-corrected chi connectivity index (χ1v) is 7.19. The topological polar surface area (TPSA) is 32.3 Å². The summed E-state index contributed by atoms with van der Waals surface area (Å²) in [6.07, 6.45) is 4.42. The van der Waals surface area contributed by atoms with Gasteiger partial charge in [-0.2, -0.15) is 0 Å². The van der Waals surface area contributed by atoms with E-state index in [4.69, 9.17) is 0 Å². The van der Waals surface area contributed by atoms with E-state index in [1.807, 2.05) is 32.3 Å². The van der Waals surface area contributed by atoms with Gasteiger partial charge in [0.15, 0.2) is 0 Å². The second-order valence-electron chi connectivity index (χ2n) is 5.60. The van der Waals surface area contributed by atoms with E-state index in [9.17, 15) is 4.79 Å². The van der Waals surface area contributed by atoms with Crippen LogP contribution in [0.3, 0.4) is 0 Å². The van der Waals surface area contributed by atoms with Crippen LogP contribution in [0.4, 0.5) is 0 Å². The number of nitrogens with one attached hydrogen (secondary N) is 1. The van der Waals surface area contributed by atoms with Crippen molar-refractivity contribution in [3.05, 3.63) is 41.5 Å². The lowest BCUT2D eigenvalue weighted by molar-refractivity contribution is -0.116. The molecule has 0 aromatic heterocycles. The highest BCUT2D eigenvalue weighted by Crippen LogP contribution is 2.15. The summed E-state index contributed by atoms with van der Waals surface area (Å²) in [6, 6.07) is 8.31. The number of nitrogens with zero attached hydrogens (tertiary/aromatic N) is 1. The molecule has 1 rings (SSSR count). The van der Waals surface area contributed by atoms with Gasteiger partial charge >= 0.3 is 0 Å². The van der Waals surface area contributed by atoms with Gasteiger partial charge in [-0.15, -0.1) is 0 Å². The third-order valence-corrected chi connectivity index (χ3v) is 3.11. The van der Waals surface area contributed by atoms with Gasteiger partial charge in [0, 0.05) is 12.6 Å². The quantitative estimate of drug-likeness (QED) is 0.612. The highest BCUT2D eigenvalue weighted by molar-refractivity contribution is 5.91. The van der Waals surface area contributed by atoms with Crippen LogP contribution in [0.1, 0.15) is 37.3 Å². The Balaban J connectivity index is 2.37. The van der Waals surface area contributed by atoms with E-state index in [1.54, 1.807) is 6.08 Å². The molecule has 1 amide bonds. The number of hydrogen-bond donors (Lipinski definition) is 1. The summed E-state index contributed by atoms with van der Waals surface area (Å²) in [6.45, 7) is 6.05. The summed E-state index contributed by atoms with van der Waals surface area (Å²) >= 11 is 0. The summed E-state index contributed by atoms with van der Waals surface area (Å²) in [4.78, 5) is 13.7. The Morgan fingerprint density at radius 1 is 1.25 bits per heavy atom. The number of carbonyl (C=O) groups excluding carboxylic acids is 1. The zero-order valence-electron chi connectivity index (χ0n) is 13.0. The highest BCUT2D eigenvalue weighted by Gasteiger charge is 1.98. The van der Waals surface area contributed by atoms with Crippen molar-refractivity contribution in [3.8, 4) is 0 Å². The zero-order chi connectivity index (χ0) is 15.0. The van der Waals surface area contributed by atoms with Gasteiger partial charge in [-0.1, -0.05) is 38.1 Å². The largest absolute Gasteiger partial charge is 0.353 e. The van der Waals surface area contributed by atoms with Crippen molar-refractivity contribution in [1.82, 2.24) is 10.2 Å². The average molecular weight is 274 g/mol. The van der Waals surface area contributed by atoms with E-state index in [-0.39, 0.29) is 5.91 Å². The minimum atomic E-state index is -0.0308. The first-order valence-electron chi connectivity index (χ1n) is 7.19. The van der Waals surface area contributed by atoms with Gasteiger partial charge in [-0.05, 0) is 50.2 Å². The Kier molecular flexibility index (Phi) is 7.02. The van der Waals surface area contributed by atoms with Gasteiger partial charge < -0.3 is 10.2 Å². The van der Waals surface area contributed by atoms with Gasteiger partial charge in [0.1, 0.15) is 0 Å². The molecule has 0 heterocycles. The van der Waals surface area contributed by atoms with Crippen molar-refractivity contribution in [2.75, 3.05) is 27.2 Å². The molecule has 110 valence electrons. The maximum absolute atomic E-state index is 11.6. The molecule has 0 aliphatic heterocycles. The Bertz CT molecular complexity index is 433. The minimum absolute atomic E-state index is 0.0308. The molecule has 1 aromatic rings. The van der Waals surface area contributed by atoms with E-state index in [0.717, 1.165) is 18.5 Å². The normalized spacial score (nSPS) is 11.5. The second-order valence-corrected chi connectivity index (χ2v) is 5.60.